The SMILES string of the molecule is CCCCCCCC/C=C/CC/C=C/CCCC(O)C(O)C(CO)NC(=O)C(O)CCCCCCCC/C=C\CCCCCCCCCCCCC. The van der Waals surface area contributed by atoms with Crippen molar-refractivity contribution in [2.45, 2.75) is 244 Å². The van der Waals surface area contributed by atoms with E-state index in [1.807, 2.05) is 0 Å². The van der Waals surface area contributed by atoms with Gasteiger partial charge in [0.1, 0.15) is 12.2 Å². The highest BCUT2D eigenvalue weighted by molar-refractivity contribution is 5.80. The summed E-state index contributed by atoms with van der Waals surface area (Å²) in [7, 11) is 0. The topological polar surface area (TPSA) is 110 Å². The molecule has 0 heterocycles. The molecule has 0 bridgehead atoms. The number of aliphatic hydroxyl groups excluding tert-OH is 4. The van der Waals surface area contributed by atoms with Crippen molar-refractivity contribution >= 4 is 5.91 Å². The number of unbranched alkanes of at least 4 members (excludes halogenated alkanes) is 25. The van der Waals surface area contributed by atoms with Gasteiger partial charge in [-0.05, 0) is 77.0 Å². The number of hydrogen-bond acceptors (Lipinski definition) is 5. The Bertz CT molecular complexity index is 828. The molecule has 52 heavy (non-hydrogen) atoms. The summed E-state index contributed by atoms with van der Waals surface area (Å²) in [5.74, 6) is -0.603. The molecule has 4 unspecified atom stereocenters. The molecule has 5 N–H and O–H groups in total. The van der Waals surface area contributed by atoms with Crippen LogP contribution in [0.5, 0.6) is 0 Å². The van der Waals surface area contributed by atoms with E-state index in [2.05, 4.69) is 55.6 Å². The van der Waals surface area contributed by atoms with Crippen LogP contribution in [0.15, 0.2) is 36.5 Å². The quantitative estimate of drug-likeness (QED) is 0.0318. The highest BCUT2D eigenvalue weighted by Gasteiger charge is 2.28. The van der Waals surface area contributed by atoms with Gasteiger partial charge in [0.05, 0.1) is 18.8 Å². The van der Waals surface area contributed by atoms with Crippen LogP contribution in [0.25, 0.3) is 0 Å². The van der Waals surface area contributed by atoms with E-state index in [-0.39, 0.29) is 0 Å². The van der Waals surface area contributed by atoms with Gasteiger partial charge in [0.25, 0.3) is 0 Å². The fourth-order valence-electron chi connectivity index (χ4n) is 6.71. The van der Waals surface area contributed by atoms with Crippen LogP contribution in [-0.2, 0) is 4.79 Å². The maximum Gasteiger partial charge on any atom is 0.249 e. The highest BCUT2D eigenvalue weighted by Crippen LogP contribution is 2.15. The van der Waals surface area contributed by atoms with Crippen LogP contribution >= 0.6 is 0 Å². The first-order valence-electron chi connectivity index (χ1n) is 22.4. The lowest BCUT2D eigenvalue weighted by Crippen LogP contribution is -2.53. The normalized spacial score (nSPS) is 14.5. The molecule has 0 fully saturated rings. The maximum absolute atomic E-state index is 12.5. The van der Waals surface area contributed by atoms with Gasteiger partial charge in [0, 0.05) is 0 Å². The minimum absolute atomic E-state index is 0.353. The molecule has 1 amide bonds. The van der Waals surface area contributed by atoms with Crippen molar-refractivity contribution in [3.8, 4) is 0 Å². The zero-order chi connectivity index (χ0) is 38.2. The smallest absolute Gasteiger partial charge is 0.249 e. The van der Waals surface area contributed by atoms with E-state index >= 15 is 0 Å². The summed E-state index contributed by atoms with van der Waals surface area (Å²) in [4.78, 5) is 12.5. The lowest BCUT2D eigenvalue weighted by molar-refractivity contribution is -0.132. The Labute approximate surface area is 322 Å². The molecule has 0 spiro atoms. The van der Waals surface area contributed by atoms with Crippen LogP contribution in [0.2, 0.25) is 0 Å². The molecule has 0 saturated carbocycles. The predicted molar refractivity (Wildman–Crippen MR) is 224 cm³/mol. The summed E-state index contributed by atoms with van der Waals surface area (Å²) in [6, 6.07) is -1.01. The molecule has 0 aromatic heterocycles. The average molecular weight is 734 g/mol. The highest BCUT2D eigenvalue weighted by atomic mass is 16.3. The average Bonchev–Trinajstić information content (AvgIpc) is 3.15. The molecule has 0 radical (unpaired) electrons. The van der Waals surface area contributed by atoms with Crippen molar-refractivity contribution in [1.82, 2.24) is 5.32 Å². The molecule has 4 atom stereocenters. The Morgan fingerprint density at radius 2 is 0.808 bits per heavy atom. The Morgan fingerprint density at radius 3 is 1.21 bits per heavy atom. The van der Waals surface area contributed by atoms with Crippen molar-refractivity contribution in [2.75, 3.05) is 6.61 Å². The summed E-state index contributed by atoms with van der Waals surface area (Å²) < 4.78 is 0. The largest absolute Gasteiger partial charge is 0.394 e. The number of allylic oxidation sites excluding steroid dienone is 6. The number of amides is 1. The number of carbonyl (C=O) groups excluding carboxylic acids is 1. The number of hydrogen-bond donors (Lipinski definition) is 5. The van der Waals surface area contributed by atoms with Crippen LogP contribution in [0.3, 0.4) is 0 Å². The van der Waals surface area contributed by atoms with Crippen molar-refractivity contribution < 1.29 is 25.2 Å². The maximum atomic E-state index is 12.5. The van der Waals surface area contributed by atoms with Crippen LogP contribution < -0.4 is 5.32 Å². The molecule has 0 rings (SSSR count). The van der Waals surface area contributed by atoms with Crippen molar-refractivity contribution in [3.63, 3.8) is 0 Å². The van der Waals surface area contributed by atoms with Crippen molar-refractivity contribution in [3.05, 3.63) is 36.5 Å². The molecule has 0 aliphatic heterocycles. The molecule has 306 valence electrons. The van der Waals surface area contributed by atoms with Gasteiger partial charge in [0.2, 0.25) is 5.91 Å². The van der Waals surface area contributed by atoms with Gasteiger partial charge < -0.3 is 25.7 Å². The van der Waals surface area contributed by atoms with Gasteiger partial charge in [-0.2, -0.15) is 0 Å². The summed E-state index contributed by atoms with van der Waals surface area (Å²) in [5, 5.41) is 43.6. The van der Waals surface area contributed by atoms with Gasteiger partial charge in [-0.25, -0.2) is 0 Å². The van der Waals surface area contributed by atoms with E-state index < -0.39 is 36.9 Å². The molecular weight excluding hydrogens is 647 g/mol. The predicted octanol–water partition coefficient (Wildman–Crippen LogP) is 11.7. The molecule has 0 aliphatic carbocycles. The van der Waals surface area contributed by atoms with E-state index in [9.17, 15) is 25.2 Å². The molecule has 0 aliphatic rings. The lowest BCUT2D eigenvalue weighted by Gasteiger charge is -2.27. The summed E-state index contributed by atoms with van der Waals surface area (Å²) in [5.41, 5.74) is 0. The van der Waals surface area contributed by atoms with Crippen molar-refractivity contribution in [2.24, 2.45) is 0 Å². The molecule has 6 heteroatoms. The Morgan fingerprint density at radius 1 is 0.462 bits per heavy atom. The second-order valence-corrected chi connectivity index (χ2v) is 15.4. The third-order valence-corrected chi connectivity index (χ3v) is 10.3. The lowest BCUT2D eigenvalue weighted by atomic mass is 10.00. The summed E-state index contributed by atoms with van der Waals surface area (Å²) >= 11 is 0. The number of aliphatic hydroxyl groups is 4. The third kappa shape index (κ3) is 34.3. The molecule has 0 aromatic carbocycles. The second kappa shape index (κ2) is 40.7. The van der Waals surface area contributed by atoms with Gasteiger partial charge in [-0.15, -0.1) is 0 Å². The number of carbonyl (C=O) groups is 1. The van der Waals surface area contributed by atoms with E-state index in [4.69, 9.17) is 0 Å². The minimum atomic E-state index is -1.29. The first kappa shape index (κ1) is 50.5. The molecule has 0 saturated heterocycles. The fraction of sp³-hybridized carbons (Fsp3) is 0.848. The fourth-order valence-corrected chi connectivity index (χ4v) is 6.71. The van der Waals surface area contributed by atoms with Crippen molar-refractivity contribution in [1.29, 1.82) is 0 Å². The van der Waals surface area contributed by atoms with Gasteiger partial charge >= 0.3 is 0 Å². The Balaban J connectivity index is 3.79. The van der Waals surface area contributed by atoms with Gasteiger partial charge in [-0.1, -0.05) is 179 Å². The van der Waals surface area contributed by atoms with Crippen LogP contribution in [0, 0.1) is 0 Å². The number of nitrogens with one attached hydrogen (secondary N) is 1. The zero-order valence-electron chi connectivity index (χ0n) is 34.3. The first-order valence-corrected chi connectivity index (χ1v) is 22.4. The van der Waals surface area contributed by atoms with E-state index in [0.717, 1.165) is 51.4 Å². The second-order valence-electron chi connectivity index (χ2n) is 15.4. The first-order chi connectivity index (χ1) is 25.5. The monoisotopic (exact) mass is 734 g/mol. The van der Waals surface area contributed by atoms with E-state index in [1.165, 1.54) is 135 Å². The molecule has 6 nitrogen and oxygen atoms in total. The van der Waals surface area contributed by atoms with Gasteiger partial charge in [-0.3, -0.25) is 4.79 Å². The van der Waals surface area contributed by atoms with Crippen LogP contribution in [0.4, 0.5) is 0 Å². The van der Waals surface area contributed by atoms with Crippen LogP contribution in [0.1, 0.15) is 219 Å². The molecule has 0 aromatic rings. The Hall–Kier alpha value is -1.47. The Kier molecular flexibility index (Phi) is 39.6. The minimum Gasteiger partial charge on any atom is -0.394 e. The third-order valence-electron chi connectivity index (χ3n) is 10.3. The van der Waals surface area contributed by atoms with E-state index in [1.54, 1.807) is 0 Å². The summed E-state index contributed by atoms with van der Waals surface area (Å²) in [6.45, 7) is 4.02. The zero-order valence-corrected chi connectivity index (χ0v) is 34.3. The standard InChI is InChI=1S/C46H87NO5/c1-3-5-7-9-11-13-15-17-19-20-21-22-23-24-26-28-30-32-34-36-38-40-44(50)46(52)47-42(41-48)45(51)43(49)39-37-35-33-31-29-27-25-18-16-14-12-10-8-6-4-2/h18,23-25,31,33,42-45,48-51H,3-17,19-22,26-30,32,34-41H2,1-2H3,(H,47,52)/b24-23-,25-18+,33-31+. The summed E-state index contributed by atoms with van der Waals surface area (Å²) in [6.07, 6.45) is 47.5. The molecular formula is C46H87NO5. The van der Waals surface area contributed by atoms with Crippen LogP contribution in [-0.4, -0.2) is 57.3 Å². The van der Waals surface area contributed by atoms with E-state index in [0.29, 0.717) is 19.3 Å². The number of rotatable bonds is 40. The van der Waals surface area contributed by atoms with Gasteiger partial charge in [0.15, 0.2) is 0 Å².